The van der Waals surface area contributed by atoms with Gasteiger partial charge in [0.1, 0.15) is 23.1 Å². The predicted octanol–water partition coefficient (Wildman–Crippen LogP) is 2.61. The second kappa shape index (κ2) is 3.06. The van der Waals surface area contributed by atoms with Crippen molar-refractivity contribution >= 4 is 5.69 Å². The topological polar surface area (TPSA) is 69.0 Å². The van der Waals surface area contributed by atoms with Crippen LogP contribution in [-0.4, -0.2) is 5.11 Å². The smallest absolute Gasteiger partial charge is 0.139 e. The zero-order chi connectivity index (χ0) is 9.14. The molecular weight excluding hydrogens is 168 g/mol. The summed E-state index contributed by atoms with van der Waals surface area (Å²) in [6, 6.07) is 1.32. The van der Waals surface area contributed by atoms with Gasteiger partial charge in [0.25, 0.3) is 0 Å². The predicted molar refractivity (Wildman–Crippen MR) is 36.8 cm³/mol. The van der Waals surface area contributed by atoms with Crippen molar-refractivity contribution in [1.82, 2.24) is 0 Å². The standard InChI is InChI=1S/C6H3F2N3O/c7-4-1-3(12)2-5(8)6(4)10-11-9/h1-2,12H. The Kier molecular flexibility index (Phi) is 2.11. The largest absolute Gasteiger partial charge is 0.508 e. The van der Waals surface area contributed by atoms with Crippen LogP contribution in [0.15, 0.2) is 17.2 Å². The molecule has 0 unspecified atom stereocenters. The molecule has 1 N–H and O–H groups in total. The van der Waals surface area contributed by atoms with E-state index in [4.69, 9.17) is 10.6 Å². The van der Waals surface area contributed by atoms with Gasteiger partial charge in [-0.1, -0.05) is 5.11 Å². The van der Waals surface area contributed by atoms with Crippen molar-refractivity contribution in [3.8, 4) is 5.75 Å². The lowest BCUT2D eigenvalue weighted by atomic mass is 10.3. The summed E-state index contributed by atoms with van der Waals surface area (Å²) in [6.45, 7) is 0. The van der Waals surface area contributed by atoms with Gasteiger partial charge in [-0.2, -0.15) is 0 Å². The van der Waals surface area contributed by atoms with Crippen molar-refractivity contribution in [1.29, 1.82) is 0 Å². The summed E-state index contributed by atoms with van der Waals surface area (Å²) >= 11 is 0. The van der Waals surface area contributed by atoms with Crippen LogP contribution in [-0.2, 0) is 0 Å². The third-order valence-electron chi connectivity index (χ3n) is 1.15. The summed E-state index contributed by atoms with van der Waals surface area (Å²) in [5.41, 5.74) is 7.16. The molecule has 0 bridgehead atoms. The number of hydrogen-bond donors (Lipinski definition) is 1. The number of nitrogens with zero attached hydrogens (tertiary/aromatic N) is 3. The van der Waals surface area contributed by atoms with Crippen LogP contribution in [0.4, 0.5) is 14.5 Å². The fraction of sp³-hybridized carbons (Fsp3) is 0. The van der Waals surface area contributed by atoms with Gasteiger partial charge >= 0.3 is 0 Å². The van der Waals surface area contributed by atoms with Gasteiger partial charge in [0.05, 0.1) is 0 Å². The molecule has 1 aromatic rings. The first-order valence-electron chi connectivity index (χ1n) is 2.88. The van der Waals surface area contributed by atoms with Crippen LogP contribution in [0, 0.1) is 11.6 Å². The van der Waals surface area contributed by atoms with E-state index in [2.05, 4.69) is 10.0 Å². The number of halogens is 2. The quantitative estimate of drug-likeness (QED) is 0.393. The molecule has 1 aromatic carbocycles. The molecule has 62 valence electrons. The van der Waals surface area contributed by atoms with Crippen LogP contribution in [0.2, 0.25) is 0 Å². The Balaban J connectivity index is 3.37. The van der Waals surface area contributed by atoms with Gasteiger partial charge in [-0.3, -0.25) is 0 Å². The van der Waals surface area contributed by atoms with Gasteiger partial charge in [0.2, 0.25) is 0 Å². The van der Waals surface area contributed by atoms with Gasteiger partial charge in [0, 0.05) is 17.0 Å². The Labute approximate surface area is 65.7 Å². The van der Waals surface area contributed by atoms with Crippen molar-refractivity contribution in [2.24, 2.45) is 5.11 Å². The van der Waals surface area contributed by atoms with E-state index in [1.165, 1.54) is 0 Å². The fourth-order valence-corrected chi connectivity index (χ4v) is 0.692. The highest BCUT2D eigenvalue weighted by atomic mass is 19.1. The number of phenolic OH excluding ortho intramolecular Hbond substituents is 1. The first kappa shape index (κ1) is 8.29. The average molecular weight is 171 g/mol. The first-order valence-corrected chi connectivity index (χ1v) is 2.88. The zero-order valence-electron chi connectivity index (χ0n) is 5.70. The van der Waals surface area contributed by atoms with Gasteiger partial charge in [-0.05, 0) is 5.53 Å². The zero-order valence-corrected chi connectivity index (χ0v) is 5.70. The Hall–Kier alpha value is -1.81. The normalized spacial score (nSPS) is 9.17. The van der Waals surface area contributed by atoms with Crippen LogP contribution in [0.25, 0.3) is 10.4 Å². The van der Waals surface area contributed by atoms with Gasteiger partial charge in [0.15, 0.2) is 0 Å². The van der Waals surface area contributed by atoms with E-state index < -0.39 is 23.1 Å². The second-order valence-corrected chi connectivity index (χ2v) is 1.95. The Morgan fingerprint density at radius 1 is 1.33 bits per heavy atom. The number of rotatable bonds is 1. The van der Waals surface area contributed by atoms with E-state index in [-0.39, 0.29) is 0 Å². The van der Waals surface area contributed by atoms with Crippen LogP contribution in [0.5, 0.6) is 5.75 Å². The van der Waals surface area contributed by atoms with Crippen molar-refractivity contribution in [3.63, 3.8) is 0 Å². The van der Waals surface area contributed by atoms with E-state index in [0.717, 1.165) is 0 Å². The summed E-state index contributed by atoms with van der Waals surface area (Å²) in [5, 5.41) is 11.4. The van der Waals surface area contributed by atoms with Gasteiger partial charge in [-0.25, -0.2) is 8.78 Å². The van der Waals surface area contributed by atoms with E-state index in [9.17, 15) is 8.78 Å². The average Bonchev–Trinajstić information content (AvgIpc) is 1.96. The highest BCUT2D eigenvalue weighted by Crippen LogP contribution is 2.26. The maximum absolute atomic E-state index is 12.6. The van der Waals surface area contributed by atoms with E-state index in [1.54, 1.807) is 0 Å². The van der Waals surface area contributed by atoms with E-state index in [1.807, 2.05) is 0 Å². The Morgan fingerprint density at radius 3 is 2.25 bits per heavy atom. The fourth-order valence-electron chi connectivity index (χ4n) is 0.692. The number of azide groups is 1. The van der Waals surface area contributed by atoms with Crippen LogP contribution >= 0.6 is 0 Å². The minimum atomic E-state index is -1.09. The minimum absolute atomic E-state index is 0.554. The molecular formula is C6H3F2N3O. The molecule has 0 fully saturated rings. The summed E-state index contributed by atoms with van der Waals surface area (Å²) in [4.78, 5) is 2.22. The molecule has 0 aliphatic heterocycles. The minimum Gasteiger partial charge on any atom is -0.508 e. The molecule has 0 atom stereocenters. The van der Waals surface area contributed by atoms with Gasteiger partial charge < -0.3 is 5.11 Å². The van der Waals surface area contributed by atoms with E-state index in [0.29, 0.717) is 12.1 Å². The van der Waals surface area contributed by atoms with Crippen molar-refractivity contribution in [3.05, 3.63) is 34.2 Å². The van der Waals surface area contributed by atoms with Crippen LogP contribution in [0.1, 0.15) is 0 Å². The molecule has 1 rings (SSSR count). The summed E-state index contributed by atoms with van der Waals surface area (Å²) in [7, 11) is 0. The molecule has 0 amide bonds. The summed E-state index contributed by atoms with van der Waals surface area (Å²) in [6.07, 6.45) is 0. The molecule has 0 aromatic heterocycles. The summed E-state index contributed by atoms with van der Waals surface area (Å²) in [5.74, 6) is -2.74. The molecule has 6 heteroatoms. The van der Waals surface area contributed by atoms with Gasteiger partial charge in [-0.15, -0.1) is 0 Å². The Bertz CT molecular complexity index is 337. The molecule has 0 radical (unpaired) electrons. The lowest BCUT2D eigenvalue weighted by molar-refractivity contribution is 0.461. The molecule has 0 saturated carbocycles. The van der Waals surface area contributed by atoms with Crippen molar-refractivity contribution in [2.45, 2.75) is 0 Å². The molecule has 0 heterocycles. The lowest BCUT2D eigenvalue weighted by Gasteiger charge is -1.97. The van der Waals surface area contributed by atoms with Crippen molar-refractivity contribution < 1.29 is 13.9 Å². The third kappa shape index (κ3) is 1.43. The van der Waals surface area contributed by atoms with Crippen LogP contribution in [0.3, 0.4) is 0 Å². The van der Waals surface area contributed by atoms with Crippen molar-refractivity contribution in [2.75, 3.05) is 0 Å². The molecule has 4 nitrogen and oxygen atoms in total. The lowest BCUT2D eigenvalue weighted by Crippen LogP contribution is -1.80. The van der Waals surface area contributed by atoms with Crippen LogP contribution < -0.4 is 0 Å². The highest BCUT2D eigenvalue weighted by molar-refractivity contribution is 5.44. The maximum Gasteiger partial charge on any atom is 0.139 e. The number of hydrogen-bond acceptors (Lipinski definition) is 2. The first-order chi connectivity index (χ1) is 5.65. The SMILES string of the molecule is [N-]=[N+]=Nc1c(F)cc(O)cc1F. The number of phenols is 1. The monoisotopic (exact) mass is 171 g/mol. The molecule has 0 aliphatic carbocycles. The maximum atomic E-state index is 12.6. The number of benzene rings is 1. The van der Waals surface area contributed by atoms with E-state index >= 15 is 0 Å². The second-order valence-electron chi connectivity index (χ2n) is 1.95. The molecule has 0 saturated heterocycles. The molecule has 0 aliphatic rings. The highest BCUT2D eigenvalue weighted by Gasteiger charge is 2.08. The summed E-state index contributed by atoms with van der Waals surface area (Å²) < 4.78 is 25.3. The molecule has 12 heavy (non-hydrogen) atoms. The third-order valence-corrected chi connectivity index (χ3v) is 1.15. The Morgan fingerprint density at radius 2 is 1.83 bits per heavy atom. The molecule has 0 spiro atoms. The number of aromatic hydroxyl groups is 1.